The van der Waals surface area contributed by atoms with Crippen LogP contribution < -0.4 is 0 Å². The fraction of sp³-hybridized carbons (Fsp3) is 0.200. The molecule has 1 heterocycles. The molecular weight excluding hydrogens is 375 g/mol. The van der Waals surface area contributed by atoms with E-state index in [4.69, 9.17) is 0 Å². The first-order valence-corrected chi connectivity index (χ1v) is 8.91. The Morgan fingerprint density at radius 1 is 1.15 bits per heavy atom. The smallest absolute Gasteiger partial charge is 0.416 e. The van der Waals surface area contributed by atoms with Crippen molar-refractivity contribution in [3.8, 4) is 10.6 Å². The third kappa shape index (κ3) is 4.36. The molecule has 0 bridgehead atoms. The van der Waals surface area contributed by atoms with Gasteiger partial charge in [0.2, 0.25) is 0 Å². The fourth-order valence-corrected chi connectivity index (χ4v) is 3.54. The van der Waals surface area contributed by atoms with Gasteiger partial charge in [0.05, 0.1) is 23.9 Å². The number of esters is 1. The van der Waals surface area contributed by atoms with E-state index in [0.29, 0.717) is 22.6 Å². The molecule has 0 aliphatic heterocycles. The number of alkyl halides is 3. The number of hydrogen-bond acceptors (Lipinski definition) is 4. The molecule has 0 spiro atoms. The minimum Gasteiger partial charge on any atom is -0.465 e. The molecule has 0 amide bonds. The number of halogens is 3. The van der Waals surface area contributed by atoms with Crippen LogP contribution in [0.3, 0.4) is 0 Å². The van der Waals surface area contributed by atoms with Crippen molar-refractivity contribution in [3.63, 3.8) is 0 Å². The van der Waals surface area contributed by atoms with E-state index in [9.17, 15) is 18.0 Å². The highest BCUT2D eigenvalue weighted by molar-refractivity contribution is 7.15. The number of hydrogen-bond donors (Lipinski definition) is 0. The molecule has 2 aromatic carbocycles. The second-order valence-electron chi connectivity index (χ2n) is 5.97. The average Bonchev–Trinajstić information content (AvgIpc) is 3.02. The Kier molecular flexibility index (Phi) is 5.32. The van der Waals surface area contributed by atoms with Crippen molar-refractivity contribution in [2.45, 2.75) is 19.5 Å². The molecule has 0 N–H and O–H groups in total. The number of methoxy groups -OCH3 is 1. The highest BCUT2D eigenvalue weighted by Gasteiger charge is 2.30. The summed E-state index contributed by atoms with van der Waals surface area (Å²) >= 11 is 1.37. The van der Waals surface area contributed by atoms with E-state index in [2.05, 4.69) is 9.72 Å². The third-order valence-electron chi connectivity index (χ3n) is 4.08. The van der Waals surface area contributed by atoms with Crippen molar-refractivity contribution >= 4 is 17.3 Å². The van der Waals surface area contributed by atoms with Gasteiger partial charge in [-0.3, -0.25) is 0 Å². The van der Waals surface area contributed by atoms with E-state index in [1.807, 2.05) is 19.1 Å². The van der Waals surface area contributed by atoms with E-state index < -0.39 is 17.7 Å². The molecule has 27 heavy (non-hydrogen) atoms. The molecular formula is C20H16F3NO2S. The predicted octanol–water partition coefficient (Wildman–Crippen LogP) is 5.51. The highest BCUT2D eigenvalue weighted by Crippen LogP contribution is 2.34. The van der Waals surface area contributed by atoms with E-state index in [1.54, 1.807) is 18.2 Å². The minimum atomic E-state index is -4.38. The lowest BCUT2D eigenvalue weighted by Crippen LogP contribution is -2.04. The van der Waals surface area contributed by atoms with Gasteiger partial charge in [0.25, 0.3) is 0 Å². The summed E-state index contributed by atoms with van der Waals surface area (Å²) in [5, 5.41) is 0.555. The standard InChI is InChI=1S/C20H16F3NO2S/c1-12-17(10-13-6-8-14(9-7-13)19(25)26-2)24-18(27-12)15-4-3-5-16(11-15)20(21,22)23/h3-9,11H,10H2,1-2H3. The van der Waals surface area contributed by atoms with E-state index in [-0.39, 0.29) is 0 Å². The second-order valence-corrected chi connectivity index (χ2v) is 7.17. The molecule has 0 aliphatic rings. The Morgan fingerprint density at radius 3 is 2.48 bits per heavy atom. The van der Waals surface area contributed by atoms with Gasteiger partial charge in [0, 0.05) is 16.9 Å². The number of aryl methyl sites for hydroxylation is 1. The quantitative estimate of drug-likeness (QED) is 0.550. The number of ether oxygens (including phenoxy) is 1. The van der Waals surface area contributed by atoms with Gasteiger partial charge in [-0.2, -0.15) is 13.2 Å². The number of aromatic nitrogens is 1. The van der Waals surface area contributed by atoms with Crippen LogP contribution in [0.5, 0.6) is 0 Å². The molecule has 0 atom stereocenters. The summed E-state index contributed by atoms with van der Waals surface area (Å²) in [5.74, 6) is -0.404. The number of rotatable bonds is 4. The van der Waals surface area contributed by atoms with E-state index >= 15 is 0 Å². The number of thiazole rings is 1. The number of carbonyl (C=O) groups excluding carboxylic acids is 1. The van der Waals surface area contributed by atoms with Gasteiger partial charge in [0.1, 0.15) is 5.01 Å². The van der Waals surface area contributed by atoms with Crippen LogP contribution in [-0.2, 0) is 17.3 Å². The molecule has 0 radical (unpaired) electrons. The van der Waals surface area contributed by atoms with E-state index in [0.717, 1.165) is 28.3 Å². The summed E-state index contributed by atoms with van der Waals surface area (Å²) in [6.45, 7) is 1.90. The molecule has 3 aromatic rings. The van der Waals surface area contributed by atoms with Gasteiger partial charge < -0.3 is 4.74 Å². The topological polar surface area (TPSA) is 39.2 Å². The zero-order valence-electron chi connectivity index (χ0n) is 14.6. The number of nitrogens with zero attached hydrogens (tertiary/aromatic N) is 1. The maximum absolute atomic E-state index is 12.9. The van der Waals surface area contributed by atoms with Crippen LogP contribution in [0.25, 0.3) is 10.6 Å². The molecule has 1 aromatic heterocycles. The van der Waals surface area contributed by atoms with Gasteiger partial charge in [0.15, 0.2) is 0 Å². The van der Waals surface area contributed by atoms with Crippen LogP contribution in [0.2, 0.25) is 0 Å². The Balaban J connectivity index is 1.84. The lowest BCUT2D eigenvalue weighted by Gasteiger charge is -2.07. The van der Waals surface area contributed by atoms with Crippen LogP contribution in [0, 0.1) is 6.92 Å². The molecule has 0 fully saturated rings. The maximum atomic E-state index is 12.9. The Labute approximate surface area is 158 Å². The van der Waals surface area contributed by atoms with Crippen LogP contribution in [0.1, 0.15) is 32.1 Å². The number of carbonyl (C=O) groups is 1. The summed E-state index contributed by atoms with van der Waals surface area (Å²) in [7, 11) is 1.32. The molecule has 3 rings (SSSR count). The van der Waals surface area contributed by atoms with Crippen molar-refractivity contribution in [1.29, 1.82) is 0 Å². The van der Waals surface area contributed by atoms with Crippen LogP contribution in [-0.4, -0.2) is 18.1 Å². The third-order valence-corrected chi connectivity index (χ3v) is 5.14. The van der Waals surface area contributed by atoms with Crippen LogP contribution in [0.15, 0.2) is 48.5 Å². The van der Waals surface area contributed by atoms with Crippen molar-refractivity contribution in [1.82, 2.24) is 4.98 Å². The Bertz CT molecular complexity index is 962. The maximum Gasteiger partial charge on any atom is 0.416 e. The second kappa shape index (κ2) is 7.52. The van der Waals surface area contributed by atoms with Crippen molar-refractivity contribution < 1.29 is 22.7 Å². The molecule has 140 valence electrons. The Morgan fingerprint density at radius 2 is 1.85 bits per heavy atom. The van der Waals surface area contributed by atoms with Gasteiger partial charge in [-0.1, -0.05) is 24.3 Å². The van der Waals surface area contributed by atoms with Crippen molar-refractivity contribution in [2.24, 2.45) is 0 Å². The lowest BCUT2D eigenvalue weighted by atomic mass is 10.1. The average molecular weight is 391 g/mol. The van der Waals surface area contributed by atoms with Crippen molar-refractivity contribution in [3.05, 3.63) is 75.8 Å². The van der Waals surface area contributed by atoms with Gasteiger partial charge >= 0.3 is 12.1 Å². The zero-order valence-corrected chi connectivity index (χ0v) is 15.4. The predicted molar refractivity (Wildman–Crippen MR) is 97.9 cm³/mol. The molecule has 0 saturated heterocycles. The van der Waals surface area contributed by atoms with Gasteiger partial charge in [-0.05, 0) is 36.8 Å². The van der Waals surface area contributed by atoms with Gasteiger partial charge in [-0.15, -0.1) is 11.3 Å². The largest absolute Gasteiger partial charge is 0.465 e. The molecule has 0 unspecified atom stereocenters. The fourth-order valence-electron chi connectivity index (χ4n) is 2.61. The van der Waals surface area contributed by atoms with Crippen molar-refractivity contribution in [2.75, 3.05) is 7.11 Å². The molecule has 7 heteroatoms. The molecule has 3 nitrogen and oxygen atoms in total. The summed E-state index contributed by atoms with van der Waals surface area (Å²) in [6, 6.07) is 12.2. The summed E-state index contributed by atoms with van der Waals surface area (Å²) < 4.78 is 43.4. The summed E-state index contributed by atoms with van der Waals surface area (Å²) in [6.07, 6.45) is -3.85. The lowest BCUT2D eigenvalue weighted by molar-refractivity contribution is -0.137. The minimum absolute atomic E-state index is 0.404. The Hall–Kier alpha value is -2.67. The van der Waals surface area contributed by atoms with Gasteiger partial charge in [-0.25, -0.2) is 9.78 Å². The zero-order chi connectivity index (χ0) is 19.6. The summed E-state index contributed by atoms with van der Waals surface area (Å²) in [5.41, 5.74) is 1.98. The SMILES string of the molecule is COC(=O)c1ccc(Cc2nc(-c3cccc(C(F)(F)F)c3)sc2C)cc1. The summed E-state index contributed by atoms with van der Waals surface area (Å²) in [4.78, 5) is 17.0. The van der Waals surface area contributed by atoms with Crippen LogP contribution >= 0.6 is 11.3 Å². The van der Waals surface area contributed by atoms with Crippen LogP contribution in [0.4, 0.5) is 13.2 Å². The first-order chi connectivity index (χ1) is 12.8. The normalized spacial score (nSPS) is 11.4. The first kappa shape index (κ1) is 19.1. The molecule has 0 saturated carbocycles. The monoisotopic (exact) mass is 391 g/mol. The highest BCUT2D eigenvalue weighted by atomic mass is 32.1. The number of benzene rings is 2. The van der Waals surface area contributed by atoms with E-state index in [1.165, 1.54) is 24.5 Å². The molecule has 0 aliphatic carbocycles. The first-order valence-electron chi connectivity index (χ1n) is 8.09.